The number of imide groups is 1. The van der Waals surface area contributed by atoms with Crippen LogP contribution < -0.4 is 10.6 Å². The third-order valence-electron chi connectivity index (χ3n) is 3.27. The SMILES string of the molecule is CC(C)NC(=O)NC(=O)[C@H](C)N1CCC[C@H](C)C1. The number of piperidine rings is 1. The second-order valence-electron chi connectivity index (χ2n) is 5.54. The minimum absolute atomic E-state index is 0.0307. The molecule has 0 aliphatic carbocycles. The number of amides is 3. The fourth-order valence-corrected chi connectivity index (χ4v) is 2.26. The maximum Gasteiger partial charge on any atom is 0.321 e. The molecular weight excluding hydrogens is 230 g/mol. The van der Waals surface area contributed by atoms with Gasteiger partial charge < -0.3 is 5.32 Å². The highest BCUT2D eigenvalue weighted by atomic mass is 16.2. The van der Waals surface area contributed by atoms with Gasteiger partial charge in [0.15, 0.2) is 0 Å². The molecule has 2 N–H and O–H groups in total. The molecule has 1 aliphatic heterocycles. The Balaban J connectivity index is 2.43. The van der Waals surface area contributed by atoms with Crippen molar-refractivity contribution in [1.29, 1.82) is 0 Å². The van der Waals surface area contributed by atoms with Crippen LogP contribution in [0.1, 0.15) is 40.5 Å². The van der Waals surface area contributed by atoms with E-state index >= 15 is 0 Å². The smallest absolute Gasteiger partial charge is 0.321 e. The number of urea groups is 1. The van der Waals surface area contributed by atoms with E-state index in [0.29, 0.717) is 5.92 Å². The first-order valence-corrected chi connectivity index (χ1v) is 6.75. The molecule has 1 fully saturated rings. The predicted molar refractivity (Wildman–Crippen MR) is 71.2 cm³/mol. The molecule has 0 radical (unpaired) electrons. The van der Waals surface area contributed by atoms with E-state index in [4.69, 9.17) is 0 Å². The quantitative estimate of drug-likeness (QED) is 0.800. The van der Waals surface area contributed by atoms with Crippen molar-refractivity contribution in [2.45, 2.75) is 52.6 Å². The van der Waals surface area contributed by atoms with Gasteiger partial charge in [-0.05, 0) is 46.1 Å². The molecule has 0 spiro atoms. The molecular formula is C13H25N3O2. The monoisotopic (exact) mass is 255 g/mol. The van der Waals surface area contributed by atoms with Crippen molar-refractivity contribution in [3.8, 4) is 0 Å². The van der Waals surface area contributed by atoms with E-state index in [0.717, 1.165) is 19.5 Å². The number of nitrogens with one attached hydrogen (secondary N) is 2. The molecule has 18 heavy (non-hydrogen) atoms. The van der Waals surface area contributed by atoms with Gasteiger partial charge >= 0.3 is 6.03 Å². The maximum absolute atomic E-state index is 11.9. The molecule has 0 saturated carbocycles. The Kier molecular flexibility index (Phi) is 5.59. The zero-order valence-corrected chi connectivity index (χ0v) is 11.8. The summed E-state index contributed by atoms with van der Waals surface area (Å²) in [6.45, 7) is 9.64. The summed E-state index contributed by atoms with van der Waals surface area (Å²) < 4.78 is 0. The number of rotatable bonds is 3. The number of carbonyl (C=O) groups is 2. The van der Waals surface area contributed by atoms with Gasteiger partial charge in [-0.1, -0.05) is 6.92 Å². The number of hydrogen-bond donors (Lipinski definition) is 2. The first-order chi connectivity index (χ1) is 8.40. The van der Waals surface area contributed by atoms with Gasteiger partial charge in [0.2, 0.25) is 5.91 Å². The molecule has 3 amide bonds. The Bertz CT molecular complexity index is 305. The van der Waals surface area contributed by atoms with Crippen molar-refractivity contribution in [2.75, 3.05) is 13.1 Å². The number of hydrogen-bond acceptors (Lipinski definition) is 3. The number of likely N-dealkylation sites (tertiary alicyclic amines) is 1. The summed E-state index contributed by atoms with van der Waals surface area (Å²) in [5.41, 5.74) is 0. The first-order valence-electron chi connectivity index (χ1n) is 6.75. The van der Waals surface area contributed by atoms with E-state index in [1.54, 1.807) is 0 Å². The molecule has 0 aromatic rings. The van der Waals surface area contributed by atoms with Crippen LogP contribution in [-0.4, -0.2) is 42.0 Å². The molecule has 0 bridgehead atoms. The highest BCUT2D eigenvalue weighted by molar-refractivity contribution is 5.96. The summed E-state index contributed by atoms with van der Waals surface area (Å²) in [7, 11) is 0. The van der Waals surface area contributed by atoms with E-state index in [1.165, 1.54) is 6.42 Å². The van der Waals surface area contributed by atoms with Crippen LogP contribution in [0, 0.1) is 5.92 Å². The van der Waals surface area contributed by atoms with Crippen LogP contribution >= 0.6 is 0 Å². The first kappa shape index (κ1) is 15.0. The highest BCUT2D eigenvalue weighted by Gasteiger charge is 2.26. The third kappa shape index (κ3) is 4.64. The second kappa shape index (κ2) is 6.73. The Hall–Kier alpha value is -1.10. The van der Waals surface area contributed by atoms with E-state index < -0.39 is 6.03 Å². The molecule has 0 unspecified atom stereocenters. The molecule has 2 atom stereocenters. The van der Waals surface area contributed by atoms with Crippen molar-refractivity contribution in [2.24, 2.45) is 5.92 Å². The highest BCUT2D eigenvalue weighted by Crippen LogP contribution is 2.17. The van der Waals surface area contributed by atoms with Gasteiger partial charge in [0.25, 0.3) is 0 Å². The van der Waals surface area contributed by atoms with Gasteiger partial charge in [0.05, 0.1) is 6.04 Å². The summed E-state index contributed by atoms with van der Waals surface area (Å²) >= 11 is 0. The Morgan fingerprint density at radius 3 is 2.50 bits per heavy atom. The minimum Gasteiger partial charge on any atom is -0.336 e. The van der Waals surface area contributed by atoms with Gasteiger partial charge in [0, 0.05) is 12.6 Å². The molecule has 1 aliphatic rings. The molecule has 104 valence electrons. The lowest BCUT2D eigenvalue weighted by atomic mass is 9.99. The Morgan fingerprint density at radius 1 is 1.28 bits per heavy atom. The molecule has 0 aromatic carbocycles. The van der Waals surface area contributed by atoms with E-state index in [1.807, 2.05) is 20.8 Å². The Labute approximate surface area is 109 Å². The molecule has 1 heterocycles. The number of nitrogens with zero attached hydrogens (tertiary/aromatic N) is 1. The summed E-state index contributed by atoms with van der Waals surface area (Å²) in [6.07, 6.45) is 2.34. The summed E-state index contributed by atoms with van der Waals surface area (Å²) in [4.78, 5) is 25.5. The van der Waals surface area contributed by atoms with Crippen molar-refractivity contribution in [1.82, 2.24) is 15.5 Å². The number of carbonyl (C=O) groups excluding carboxylic acids is 2. The fraction of sp³-hybridized carbons (Fsp3) is 0.846. The lowest BCUT2D eigenvalue weighted by molar-refractivity contribution is -0.125. The van der Waals surface area contributed by atoms with Crippen molar-refractivity contribution >= 4 is 11.9 Å². The summed E-state index contributed by atoms with van der Waals surface area (Å²) in [5, 5.41) is 5.04. The van der Waals surface area contributed by atoms with Crippen molar-refractivity contribution in [3.05, 3.63) is 0 Å². The average Bonchev–Trinajstić information content (AvgIpc) is 2.26. The van der Waals surface area contributed by atoms with E-state index in [2.05, 4.69) is 22.5 Å². The van der Waals surface area contributed by atoms with Crippen LogP contribution in [0.5, 0.6) is 0 Å². The van der Waals surface area contributed by atoms with E-state index in [-0.39, 0.29) is 18.0 Å². The summed E-state index contributed by atoms with van der Waals surface area (Å²) in [5.74, 6) is 0.403. The van der Waals surface area contributed by atoms with Crippen LogP contribution in [0.4, 0.5) is 4.79 Å². The normalized spacial score (nSPS) is 22.6. The lowest BCUT2D eigenvalue weighted by Gasteiger charge is -2.34. The summed E-state index contributed by atoms with van der Waals surface area (Å²) in [6, 6.07) is -0.624. The van der Waals surface area contributed by atoms with Crippen LogP contribution in [-0.2, 0) is 4.79 Å². The molecule has 0 aromatic heterocycles. The topological polar surface area (TPSA) is 61.4 Å². The van der Waals surface area contributed by atoms with Gasteiger partial charge in [-0.25, -0.2) is 4.79 Å². The third-order valence-corrected chi connectivity index (χ3v) is 3.27. The fourth-order valence-electron chi connectivity index (χ4n) is 2.26. The van der Waals surface area contributed by atoms with Gasteiger partial charge in [-0.2, -0.15) is 0 Å². The van der Waals surface area contributed by atoms with Gasteiger partial charge in [-0.15, -0.1) is 0 Å². The molecule has 1 saturated heterocycles. The van der Waals surface area contributed by atoms with Gasteiger partial charge in [0.1, 0.15) is 0 Å². The maximum atomic E-state index is 11.9. The van der Waals surface area contributed by atoms with Crippen LogP contribution in [0.15, 0.2) is 0 Å². The molecule has 1 rings (SSSR count). The zero-order chi connectivity index (χ0) is 13.7. The van der Waals surface area contributed by atoms with Gasteiger partial charge in [-0.3, -0.25) is 15.0 Å². The van der Waals surface area contributed by atoms with Crippen LogP contribution in [0.2, 0.25) is 0 Å². The van der Waals surface area contributed by atoms with E-state index in [9.17, 15) is 9.59 Å². The van der Waals surface area contributed by atoms with Crippen LogP contribution in [0.25, 0.3) is 0 Å². The molecule has 5 nitrogen and oxygen atoms in total. The average molecular weight is 255 g/mol. The zero-order valence-electron chi connectivity index (χ0n) is 11.8. The largest absolute Gasteiger partial charge is 0.336 e. The van der Waals surface area contributed by atoms with Crippen LogP contribution in [0.3, 0.4) is 0 Å². The lowest BCUT2D eigenvalue weighted by Crippen LogP contribution is -2.52. The predicted octanol–water partition coefficient (Wildman–Crippen LogP) is 1.34. The minimum atomic E-state index is -0.410. The second-order valence-corrected chi connectivity index (χ2v) is 5.54. The van der Waals surface area contributed by atoms with Crippen molar-refractivity contribution < 1.29 is 9.59 Å². The Morgan fingerprint density at radius 2 is 1.94 bits per heavy atom. The van der Waals surface area contributed by atoms with Crippen molar-refractivity contribution in [3.63, 3.8) is 0 Å². The standard InChI is InChI=1S/C13H25N3O2/c1-9(2)14-13(18)15-12(17)11(4)16-7-5-6-10(3)8-16/h9-11H,5-8H2,1-4H3,(H2,14,15,17,18)/t10-,11-/m0/s1. The molecule has 5 heteroatoms.